The third-order valence-corrected chi connectivity index (χ3v) is 8.35. The molecule has 0 aliphatic carbocycles. The van der Waals surface area contributed by atoms with E-state index in [1.165, 1.54) is 17.0 Å². The van der Waals surface area contributed by atoms with Gasteiger partial charge in [0, 0.05) is 17.6 Å². The van der Waals surface area contributed by atoms with Crippen LogP contribution in [0.4, 0.5) is 5.69 Å². The van der Waals surface area contributed by atoms with Gasteiger partial charge in [0.05, 0.1) is 10.6 Å². The maximum atomic E-state index is 14.0. The minimum absolute atomic E-state index is 0.0664. The van der Waals surface area contributed by atoms with Gasteiger partial charge in [-0.3, -0.25) is 13.9 Å². The maximum Gasteiger partial charge on any atom is 0.264 e. The number of para-hydroxylation sites is 1. The molecule has 0 saturated carbocycles. The van der Waals surface area contributed by atoms with Crippen LogP contribution in [-0.4, -0.2) is 43.8 Å². The van der Waals surface area contributed by atoms with Crippen molar-refractivity contribution in [2.75, 3.05) is 10.8 Å². The molecule has 0 bridgehead atoms. The van der Waals surface area contributed by atoms with Crippen LogP contribution in [0, 0.1) is 0 Å². The fourth-order valence-corrected chi connectivity index (χ4v) is 5.55. The second-order valence-corrected chi connectivity index (χ2v) is 11.3. The first-order chi connectivity index (χ1) is 18.2. The minimum Gasteiger partial charge on any atom is -0.352 e. The highest BCUT2D eigenvalue weighted by molar-refractivity contribution is 7.92. The molecule has 3 aromatic rings. The molecule has 3 aromatic carbocycles. The molecule has 0 aliphatic rings. The first kappa shape index (κ1) is 29.2. The topological polar surface area (TPSA) is 86.8 Å². The zero-order valence-electron chi connectivity index (χ0n) is 21.9. The summed E-state index contributed by atoms with van der Waals surface area (Å²) in [6.45, 7) is 5.35. The van der Waals surface area contributed by atoms with E-state index in [-0.39, 0.29) is 23.4 Å². The van der Waals surface area contributed by atoms with Crippen molar-refractivity contribution < 1.29 is 18.0 Å². The van der Waals surface area contributed by atoms with E-state index in [9.17, 15) is 18.0 Å². The van der Waals surface area contributed by atoms with E-state index in [1.807, 2.05) is 20.8 Å². The number of sulfonamides is 1. The Morgan fingerprint density at radius 1 is 0.868 bits per heavy atom. The Morgan fingerprint density at radius 2 is 1.45 bits per heavy atom. The van der Waals surface area contributed by atoms with Crippen molar-refractivity contribution in [3.63, 3.8) is 0 Å². The summed E-state index contributed by atoms with van der Waals surface area (Å²) in [5.74, 6) is -0.768. The molecule has 2 amide bonds. The summed E-state index contributed by atoms with van der Waals surface area (Å²) in [4.78, 5) is 28.7. The number of carbonyl (C=O) groups is 2. The van der Waals surface area contributed by atoms with E-state index < -0.39 is 28.5 Å². The second kappa shape index (κ2) is 13.4. The molecule has 2 atom stereocenters. The van der Waals surface area contributed by atoms with E-state index in [2.05, 4.69) is 5.32 Å². The van der Waals surface area contributed by atoms with Crippen molar-refractivity contribution in [3.05, 3.63) is 95.5 Å². The summed E-state index contributed by atoms with van der Waals surface area (Å²) < 4.78 is 28.5. The number of rotatable bonds is 12. The van der Waals surface area contributed by atoms with Crippen LogP contribution in [0.5, 0.6) is 0 Å². The Bertz CT molecular complexity index is 1300. The molecule has 0 radical (unpaired) electrons. The Kier molecular flexibility index (Phi) is 10.3. The van der Waals surface area contributed by atoms with Crippen molar-refractivity contribution in [1.29, 1.82) is 0 Å². The molecule has 7 nitrogen and oxygen atoms in total. The van der Waals surface area contributed by atoms with Crippen molar-refractivity contribution in [3.8, 4) is 0 Å². The number of nitrogens with one attached hydrogen (secondary N) is 1. The molecule has 0 fully saturated rings. The van der Waals surface area contributed by atoms with E-state index in [0.717, 1.165) is 16.3 Å². The van der Waals surface area contributed by atoms with Gasteiger partial charge in [-0.25, -0.2) is 8.42 Å². The second-order valence-electron chi connectivity index (χ2n) is 9.05. The Labute approximate surface area is 230 Å². The number of carbonyl (C=O) groups excluding carboxylic acids is 2. The zero-order valence-corrected chi connectivity index (χ0v) is 23.5. The Morgan fingerprint density at radius 3 is 2.00 bits per heavy atom. The number of hydrogen-bond acceptors (Lipinski definition) is 4. The van der Waals surface area contributed by atoms with Gasteiger partial charge in [-0.2, -0.15) is 0 Å². The third-order valence-electron chi connectivity index (χ3n) is 6.31. The largest absolute Gasteiger partial charge is 0.352 e. The number of anilines is 1. The molecule has 0 aliphatic heterocycles. The highest BCUT2D eigenvalue weighted by Gasteiger charge is 2.33. The standard InChI is InChI=1S/C29H34ClN3O4S/c1-4-22(3)31-29(35)27(5-2)32(20-23-16-18-24(30)19-17-23)28(34)21-33(25-12-8-6-9-13-25)38(36,37)26-14-10-7-11-15-26/h6-19,22,27H,4-5,20-21H2,1-3H3,(H,31,35). The van der Waals surface area contributed by atoms with Crippen LogP contribution in [0.15, 0.2) is 89.8 Å². The quantitative estimate of drug-likeness (QED) is 0.330. The highest BCUT2D eigenvalue weighted by Crippen LogP contribution is 2.24. The number of benzene rings is 3. The summed E-state index contributed by atoms with van der Waals surface area (Å²) in [5.41, 5.74) is 1.13. The minimum atomic E-state index is -4.07. The van der Waals surface area contributed by atoms with E-state index in [1.54, 1.807) is 72.8 Å². The first-order valence-electron chi connectivity index (χ1n) is 12.6. The third kappa shape index (κ3) is 7.36. The maximum absolute atomic E-state index is 14.0. The zero-order chi connectivity index (χ0) is 27.7. The first-order valence-corrected chi connectivity index (χ1v) is 14.5. The average molecular weight is 556 g/mol. The molecule has 9 heteroatoms. The molecule has 38 heavy (non-hydrogen) atoms. The fraction of sp³-hybridized carbons (Fsp3) is 0.310. The van der Waals surface area contributed by atoms with Crippen molar-refractivity contribution in [2.45, 2.75) is 57.1 Å². The lowest BCUT2D eigenvalue weighted by molar-refractivity contribution is -0.140. The van der Waals surface area contributed by atoms with Gasteiger partial charge in [0.15, 0.2) is 0 Å². The van der Waals surface area contributed by atoms with Gasteiger partial charge in [0.25, 0.3) is 10.0 Å². The van der Waals surface area contributed by atoms with Gasteiger partial charge in [-0.15, -0.1) is 0 Å². The summed E-state index contributed by atoms with van der Waals surface area (Å²) in [7, 11) is -4.07. The van der Waals surface area contributed by atoms with Crippen molar-refractivity contribution in [2.24, 2.45) is 0 Å². The summed E-state index contributed by atoms with van der Waals surface area (Å²) in [5, 5.41) is 3.52. The molecule has 0 aromatic heterocycles. The molecule has 2 unspecified atom stereocenters. The van der Waals surface area contributed by atoms with Crippen molar-refractivity contribution >= 4 is 39.1 Å². The highest BCUT2D eigenvalue weighted by atomic mass is 35.5. The summed E-state index contributed by atoms with van der Waals surface area (Å²) >= 11 is 6.05. The predicted octanol–water partition coefficient (Wildman–Crippen LogP) is 5.26. The van der Waals surface area contributed by atoms with Gasteiger partial charge in [-0.1, -0.05) is 74.0 Å². The lowest BCUT2D eigenvalue weighted by Crippen LogP contribution is -2.53. The monoisotopic (exact) mass is 555 g/mol. The summed E-state index contributed by atoms with van der Waals surface area (Å²) in [6.07, 6.45) is 1.10. The van der Waals surface area contributed by atoms with E-state index in [4.69, 9.17) is 11.6 Å². The molecule has 0 heterocycles. The molecular weight excluding hydrogens is 522 g/mol. The van der Waals surface area contributed by atoms with Gasteiger partial charge in [-0.05, 0) is 61.7 Å². The summed E-state index contributed by atoms with van der Waals surface area (Å²) in [6, 6.07) is 22.6. The smallest absolute Gasteiger partial charge is 0.264 e. The van der Waals surface area contributed by atoms with Gasteiger partial charge < -0.3 is 10.2 Å². The molecule has 0 spiro atoms. The molecule has 202 valence electrons. The molecular formula is C29H34ClN3O4S. The van der Waals surface area contributed by atoms with Gasteiger partial charge in [0.1, 0.15) is 12.6 Å². The van der Waals surface area contributed by atoms with Gasteiger partial charge >= 0.3 is 0 Å². The molecule has 0 saturated heterocycles. The molecule has 1 N–H and O–H groups in total. The number of nitrogens with zero attached hydrogens (tertiary/aromatic N) is 2. The molecule has 3 rings (SSSR count). The van der Waals surface area contributed by atoms with Crippen LogP contribution in [0.25, 0.3) is 0 Å². The average Bonchev–Trinajstić information content (AvgIpc) is 2.93. The van der Waals surface area contributed by atoms with Crippen LogP contribution in [0.1, 0.15) is 39.2 Å². The lowest BCUT2D eigenvalue weighted by atomic mass is 10.1. The number of halogens is 1. The van der Waals surface area contributed by atoms with E-state index in [0.29, 0.717) is 17.1 Å². The Hall–Kier alpha value is -3.36. The van der Waals surface area contributed by atoms with Crippen LogP contribution < -0.4 is 9.62 Å². The van der Waals surface area contributed by atoms with Gasteiger partial charge in [0.2, 0.25) is 11.8 Å². The van der Waals surface area contributed by atoms with E-state index >= 15 is 0 Å². The lowest BCUT2D eigenvalue weighted by Gasteiger charge is -2.33. The van der Waals surface area contributed by atoms with Crippen LogP contribution >= 0.6 is 11.6 Å². The normalized spacial score (nSPS) is 12.8. The van der Waals surface area contributed by atoms with Crippen molar-refractivity contribution in [1.82, 2.24) is 10.2 Å². The fourth-order valence-electron chi connectivity index (χ4n) is 3.99. The van der Waals surface area contributed by atoms with Crippen LogP contribution in [0.3, 0.4) is 0 Å². The van der Waals surface area contributed by atoms with Crippen LogP contribution in [-0.2, 0) is 26.2 Å². The SMILES string of the molecule is CCC(C)NC(=O)C(CC)N(Cc1ccc(Cl)cc1)C(=O)CN(c1ccccc1)S(=O)(=O)c1ccccc1. The predicted molar refractivity (Wildman–Crippen MR) is 151 cm³/mol. The number of amides is 2. The number of hydrogen-bond donors (Lipinski definition) is 1. The van der Waals surface area contributed by atoms with Crippen LogP contribution in [0.2, 0.25) is 5.02 Å². The Balaban J connectivity index is 2.01.